The molecule has 2 aliphatic rings. The Hall–Kier alpha value is -1.17. The Morgan fingerprint density at radius 3 is 2.56 bits per heavy atom. The van der Waals surface area contributed by atoms with Crippen LogP contribution in [0, 0.1) is 22.7 Å². The number of aliphatic hydroxyl groups is 3. The van der Waals surface area contributed by atoms with Gasteiger partial charge in [-0.1, -0.05) is 27.7 Å². The van der Waals surface area contributed by atoms with Crippen molar-refractivity contribution < 1.29 is 24.5 Å². The van der Waals surface area contributed by atoms with Crippen LogP contribution >= 0.6 is 0 Å². The molecule has 5 nitrogen and oxygen atoms in total. The minimum atomic E-state index is -1.23. The van der Waals surface area contributed by atoms with Gasteiger partial charge in [0.15, 0.2) is 5.78 Å². The van der Waals surface area contributed by atoms with E-state index in [0.717, 1.165) is 5.56 Å². The van der Waals surface area contributed by atoms with Gasteiger partial charge in [0.05, 0.1) is 24.2 Å². The highest BCUT2D eigenvalue weighted by molar-refractivity contribution is 5.88. The van der Waals surface area contributed by atoms with E-state index in [9.17, 15) is 20.1 Å². The van der Waals surface area contributed by atoms with Crippen molar-refractivity contribution in [3.8, 4) is 0 Å². The fourth-order valence-corrected chi connectivity index (χ4v) is 5.66. The molecule has 140 valence electrons. The summed E-state index contributed by atoms with van der Waals surface area (Å²) in [5.74, 6) is -1.46. The molecule has 2 saturated carbocycles. The number of furan rings is 1. The number of carbonyl (C=O) groups excluding carboxylic acids is 1. The number of carbonyl (C=O) groups is 1. The van der Waals surface area contributed by atoms with Gasteiger partial charge in [-0.05, 0) is 42.7 Å². The number of aliphatic hydroxyl groups excluding tert-OH is 2. The second kappa shape index (κ2) is 5.93. The lowest BCUT2D eigenvalue weighted by Gasteiger charge is -2.64. The van der Waals surface area contributed by atoms with E-state index in [2.05, 4.69) is 0 Å². The van der Waals surface area contributed by atoms with Crippen molar-refractivity contribution in [2.24, 2.45) is 22.7 Å². The molecule has 2 aliphatic carbocycles. The second-order valence-electron chi connectivity index (χ2n) is 8.90. The summed E-state index contributed by atoms with van der Waals surface area (Å²) in [5.41, 5.74) is -1.55. The van der Waals surface area contributed by atoms with Crippen LogP contribution in [-0.4, -0.2) is 38.9 Å². The molecule has 0 radical (unpaired) electrons. The lowest BCUT2D eigenvalue weighted by Crippen LogP contribution is -2.71. The van der Waals surface area contributed by atoms with Crippen molar-refractivity contribution in [3.63, 3.8) is 0 Å². The lowest BCUT2D eigenvalue weighted by atomic mass is 9.42. The molecule has 0 spiro atoms. The van der Waals surface area contributed by atoms with E-state index >= 15 is 0 Å². The van der Waals surface area contributed by atoms with Crippen molar-refractivity contribution in [2.75, 3.05) is 0 Å². The molecular weight excluding hydrogens is 320 g/mol. The van der Waals surface area contributed by atoms with Gasteiger partial charge in [-0.3, -0.25) is 4.79 Å². The summed E-state index contributed by atoms with van der Waals surface area (Å²) < 4.78 is 5.11. The second-order valence-corrected chi connectivity index (χ2v) is 8.90. The predicted octanol–water partition coefficient (Wildman–Crippen LogP) is 2.33. The fraction of sp³-hybridized carbons (Fsp3) is 0.750. The zero-order chi connectivity index (χ0) is 18.6. The van der Waals surface area contributed by atoms with Crippen LogP contribution in [0.4, 0.5) is 0 Å². The Morgan fingerprint density at radius 2 is 1.96 bits per heavy atom. The summed E-state index contributed by atoms with van der Waals surface area (Å²) in [6.07, 6.45) is 3.67. The standard InChI is InChI=1S/C20H30O5/c1-12-15(22)16(23)17-18(2,3)14(21)6-8-19(17,4)20(12,24)9-5-13-7-10-25-11-13/h7,10-12,14,16-17,21,23-24H,5-6,8-9H2,1-4H3/t12?,14-,16-,17+,19+,20-/m1/s1. The summed E-state index contributed by atoms with van der Waals surface area (Å²) in [5, 5.41) is 33.0. The molecule has 1 aromatic heterocycles. The van der Waals surface area contributed by atoms with E-state index in [-0.39, 0.29) is 5.78 Å². The zero-order valence-corrected chi connectivity index (χ0v) is 15.5. The molecule has 0 aliphatic heterocycles. The van der Waals surface area contributed by atoms with E-state index < -0.39 is 40.5 Å². The van der Waals surface area contributed by atoms with Gasteiger partial charge < -0.3 is 19.7 Å². The molecule has 3 N–H and O–H groups in total. The molecule has 1 heterocycles. The van der Waals surface area contributed by atoms with Gasteiger partial charge >= 0.3 is 0 Å². The molecule has 1 unspecified atom stereocenters. The average molecular weight is 350 g/mol. The van der Waals surface area contributed by atoms with E-state index in [4.69, 9.17) is 4.42 Å². The highest BCUT2D eigenvalue weighted by Crippen LogP contribution is 2.62. The van der Waals surface area contributed by atoms with Gasteiger partial charge in [0, 0.05) is 17.3 Å². The SMILES string of the molecule is CC1C(=O)[C@@H](O)[C@H]2C(C)(C)[C@H](O)CC[C@]2(C)[C@@]1(O)CCc1ccoc1. The molecule has 0 saturated heterocycles. The van der Waals surface area contributed by atoms with Crippen molar-refractivity contribution in [2.45, 2.75) is 71.2 Å². The number of Topliss-reactive ketones (excluding diaryl/α,β-unsaturated/α-hetero) is 1. The van der Waals surface area contributed by atoms with E-state index in [1.165, 1.54) is 0 Å². The Kier molecular flexibility index (Phi) is 4.42. The first-order valence-electron chi connectivity index (χ1n) is 9.19. The normalized spacial score (nSPS) is 43.7. The number of ketones is 1. The molecule has 0 amide bonds. The van der Waals surface area contributed by atoms with Crippen molar-refractivity contribution in [1.82, 2.24) is 0 Å². The molecule has 5 heteroatoms. The molecule has 3 rings (SSSR count). The number of hydrogen-bond acceptors (Lipinski definition) is 5. The maximum atomic E-state index is 12.8. The molecule has 0 aromatic carbocycles. The van der Waals surface area contributed by atoms with Crippen LogP contribution in [0.1, 0.15) is 52.5 Å². The molecule has 6 atom stereocenters. The van der Waals surface area contributed by atoms with Crippen LogP contribution < -0.4 is 0 Å². The topological polar surface area (TPSA) is 90.9 Å². The Labute approximate surface area is 149 Å². The van der Waals surface area contributed by atoms with Gasteiger partial charge in [-0.25, -0.2) is 0 Å². The van der Waals surface area contributed by atoms with Crippen LogP contribution in [0.2, 0.25) is 0 Å². The highest BCUT2D eigenvalue weighted by Gasteiger charge is 2.68. The number of aryl methyl sites for hydroxylation is 1. The van der Waals surface area contributed by atoms with Crippen molar-refractivity contribution >= 4 is 5.78 Å². The smallest absolute Gasteiger partial charge is 0.167 e. The van der Waals surface area contributed by atoms with E-state index in [0.29, 0.717) is 25.7 Å². The van der Waals surface area contributed by atoms with Crippen LogP contribution in [0.15, 0.2) is 23.0 Å². The summed E-state index contributed by atoms with van der Waals surface area (Å²) in [7, 11) is 0. The first kappa shape index (κ1) is 18.6. The van der Waals surface area contributed by atoms with Crippen LogP contribution in [0.3, 0.4) is 0 Å². The van der Waals surface area contributed by atoms with Gasteiger partial charge in [-0.2, -0.15) is 0 Å². The van der Waals surface area contributed by atoms with Gasteiger partial charge in [0.2, 0.25) is 0 Å². The predicted molar refractivity (Wildman–Crippen MR) is 92.8 cm³/mol. The summed E-state index contributed by atoms with van der Waals surface area (Å²) in [4.78, 5) is 12.8. The van der Waals surface area contributed by atoms with Crippen LogP contribution in [-0.2, 0) is 11.2 Å². The van der Waals surface area contributed by atoms with Gasteiger partial charge in [-0.15, -0.1) is 0 Å². The number of fused-ring (bicyclic) bond motifs is 1. The van der Waals surface area contributed by atoms with E-state index in [1.807, 2.05) is 26.8 Å². The number of hydrogen-bond donors (Lipinski definition) is 3. The Morgan fingerprint density at radius 1 is 1.28 bits per heavy atom. The molecule has 1 aromatic rings. The Bertz CT molecular complexity index is 637. The fourth-order valence-electron chi connectivity index (χ4n) is 5.66. The minimum Gasteiger partial charge on any atom is -0.472 e. The highest BCUT2D eigenvalue weighted by atomic mass is 16.3. The van der Waals surface area contributed by atoms with Crippen LogP contribution in [0.25, 0.3) is 0 Å². The maximum absolute atomic E-state index is 12.8. The van der Waals surface area contributed by atoms with Gasteiger partial charge in [0.1, 0.15) is 6.10 Å². The first-order valence-corrected chi connectivity index (χ1v) is 9.19. The van der Waals surface area contributed by atoms with Gasteiger partial charge in [0.25, 0.3) is 0 Å². The minimum absolute atomic E-state index is 0.320. The quantitative estimate of drug-likeness (QED) is 0.778. The van der Waals surface area contributed by atoms with Crippen LogP contribution in [0.5, 0.6) is 0 Å². The third-order valence-electron chi connectivity index (χ3n) is 7.40. The zero-order valence-electron chi connectivity index (χ0n) is 15.5. The Balaban J connectivity index is 2.02. The molecule has 2 fully saturated rings. The first-order chi connectivity index (χ1) is 11.6. The molecule has 0 bridgehead atoms. The van der Waals surface area contributed by atoms with Crippen molar-refractivity contribution in [3.05, 3.63) is 24.2 Å². The largest absolute Gasteiger partial charge is 0.472 e. The summed E-state index contributed by atoms with van der Waals surface area (Å²) in [6.45, 7) is 7.48. The van der Waals surface area contributed by atoms with E-state index in [1.54, 1.807) is 19.5 Å². The molecular formula is C20H30O5. The molecule has 25 heavy (non-hydrogen) atoms. The third kappa shape index (κ3) is 2.51. The third-order valence-corrected chi connectivity index (χ3v) is 7.40. The van der Waals surface area contributed by atoms with Crippen molar-refractivity contribution in [1.29, 1.82) is 0 Å². The average Bonchev–Trinajstić information content (AvgIpc) is 3.07. The number of rotatable bonds is 3. The monoisotopic (exact) mass is 350 g/mol. The maximum Gasteiger partial charge on any atom is 0.167 e. The summed E-state index contributed by atoms with van der Waals surface area (Å²) >= 11 is 0. The summed E-state index contributed by atoms with van der Waals surface area (Å²) in [6, 6.07) is 1.86. The lowest BCUT2D eigenvalue weighted by molar-refractivity contribution is -0.249.